The molecule has 94 valence electrons. The van der Waals surface area contributed by atoms with Gasteiger partial charge in [0, 0.05) is 26.3 Å². The van der Waals surface area contributed by atoms with Crippen molar-refractivity contribution in [2.75, 3.05) is 26.3 Å². The van der Waals surface area contributed by atoms with Crippen molar-refractivity contribution in [1.82, 2.24) is 14.7 Å². The molecule has 0 aromatic carbocycles. The monoisotopic (exact) mass is 239 g/mol. The van der Waals surface area contributed by atoms with E-state index >= 15 is 0 Å². The zero-order valence-corrected chi connectivity index (χ0v) is 10.1. The first-order chi connectivity index (χ1) is 8.11. The van der Waals surface area contributed by atoms with E-state index in [-0.39, 0.29) is 18.6 Å². The molecular formula is C11H17N3O3. The van der Waals surface area contributed by atoms with Crippen LogP contribution >= 0.6 is 0 Å². The summed E-state index contributed by atoms with van der Waals surface area (Å²) in [6.07, 6.45) is 1.45. The highest BCUT2D eigenvalue weighted by atomic mass is 16.5. The highest BCUT2D eigenvalue weighted by molar-refractivity contribution is 5.95. The van der Waals surface area contributed by atoms with Crippen molar-refractivity contribution < 1.29 is 14.6 Å². The number of amides is 1. The van der Waals surface area contributed by atoms with Crippen LogP contribution in [0.5, 0.6) is 0 Å². The number of hydrogen-bond donors (Lipinski definition) is 1. The van der Waals surface area contributed by atoms with Crippen LogP contribution in [0, 0.1) is 6.92 Å². The normalized spacial score (nSPS) is 20.6. The van der Waals surface area contributed by atoms with Gasteiger partial charge in [-0.25, -0.2) is 0 Å². The molecular weight excluding hydrogens is 222 g/mol. The van der Waals surface area contributed by atoms with Gasteiger partial charge < -0.3 is 14.7 Å². The van der Waals surface area contributed by atoms with E-state index < -0.39 is 0 Å². The van der Waals surface area contributed by atoms with Crippen LogP contribution < -0.4 is 0 Å². The Bertz CT molecular complexity index is 416. The molecule has 1 aromatic rings. The molecule has 2 heterocycles. The Morgan fingerprint density at radius 3 is 3.06 bits per heavy atom. The Labute approximate surface area is 99.8 Å². The molecule has 2 rings (SSSR count). The standard InChI is InChI=1S/C11H17N3O3/c1-8-10(6-13(2)12-8)11(16)14-3-4-17-9(5-14)7-15/h6,9,15H,3-5,7H2,1-2H3. The number of aliphatic hydroxyl groups excluding tert-OH is 1. The zero-order valence-electron chi connectivity index (χ0n) is 10.1. The predicted octanol–water partition coefficient (Wildman–Crippen LogP) is -0.438. The Morgan fingerprint density at radius 2 is 2.47 bits per heavy atom. The molecule has 17 heavy (non-hydrogen) atoms. The highest BCUT2D eigenvalue weighted by Gasteiger charge is 2.26. The van der Waals surface area contributed by atoms with E-state index in [1.807, 2.05) is 6.92 Å². The molecule has 1 unspecified atom stereocenters. The van der Waals surface area contributed by atoms with E-state index in [1.165, 1.54) is 0 Å². The smallest absolute Gasteiger partial charge is 0.257 e. The summed E-state index contributed by atoms with van der Waals surface area (Å²) < 4.78 is 6.95. The van der Waals surface area contributed by atoms with Gasteiger partial charge in [0.05, 0.1) is 30.6 Å². The third-order valence-electron chi connectivity index (χ3n) is 2.87. The van der Waals surface area contributed by atoms with E-state index in [0.29, 0.717) is 25.3 Å². The summed E-state index contributed by atoms with van der Waals surface area (Å²) >= 11 is 0. The van der Waals surface area contributed by atoms with Crippen LogP contribution in [0.4, 0.5) is 0 Å². The molecule has 6 nitrogen and oxygen atoms in total. The summed E-state index contributed by atoms with van der Waals surface area (Å²) in [4.78, 5) is 13.9. The molecule has 1 amide bonds. The quantitative estimate of drug-likeness (QED) is 0.760. The molecule has 0 aliphatic carbocycles. The van der Waals surface area contributed by atoms with Gasteiger partial charge in [-0.3, -0.25) is 9.48 Å². The number of rotatable bonds is 2. The number of nitrogens with zero attached hydrogens (tertiary/aromatic N) is 3. The second-order valence-corrected chi connectivity index (χ2v) is 4.23. The molecule has 1 fully saturated rings. The topological polar surface area (TPSA) is 67.6 Å². The summed E-state index contributed by atoms with van der Waals surface area (Å²) in [5.74, 6) is -0.0441. The van der Waals surface area contributed by atoms with Gasteiger partial charge in [-0.1, -0.05) is 0 Å². The second kappa shape index (κ2) is 4.85. The minimum Gasteiger partial charge on any atom is -0.394 e. The second-order valence-electron chi connectivity index (χ2n) is 4.23. The van der Waals surface area contributed by atoms with Crippen LogP contribution in [-0.2, 0) is 11.8 Å². The molecule has 1 atom stereocenters. The van der Waals surface area contributed by atoms with Gasteiger partial charge in [0.2, 0.25) is 0 Å². The van der Waals surface area contributed by atoms with Gasteiger partial charge in [-0.05, 0) is 6.92 Å². The van der Waals surface area contributed by atoms with Gasteiger partial charge in [0.15, 0.2) is 0 Å². The Kier molecular flexibility index (Phi) is 3.44. The summed E-state index contributed by atoms with van der Waals surface area (Å²) in [5, 5.41) is 13.2. The van der Waals surface area contributed by atoms with Gasteiger partial charge in [0.25, 0.3) is 5.91 Å². The third-order valence-corrected chi connectivity index (χ3v) is 2.87. The largest absolute Gasteiger partial charge is 0.394 e. The number of aliphatic hydroxyl groups is 1. The first-order valence-corrected chi connectivity index (χ1v) is 5.63. The number of morpholine rings is 1. The van der Waals surface area contributed by atoms with E-state index in [2.05, 4.69) is 5.10 Å². The van der Waals surface area contributed by atoms with Crippen molar-refractivity contribution in [3.63, 3.8) is 0 Å². The summed E-state index contributed by atoms with van der Waals surface area (Å²) in [5.41, 5.74) is 1.34. The van der Waals surface area contributed by atoms with Crippen LogP contribution in [0.25, 0.3) is 0 Å². The molecule has 1 N–H and O–H groups in total. The first kappa shape index (κ1) is 12.1. The lowest BCUT2D eigenvalue weighted by atomic mass is 10.2. The van der Waals surface area contributed by atoms with Crippen LogP contribution in [0.3, 0.4) is 0 Å². The van der Waals surface area contributed by atoms with Gasteiger partial charge >= 0.3 is 0 Å². The lowest BCUT2D eigenvalue weighted by molar-refractivity contribution is -0.0447. The summed E-state index contributed by atoms with van der Waals surface area (Å²) in [6, 6.07) is 0. The molecule has 1 aliphatic rings. The maximum Gasteiger partial charge on any atom is 0.257 e. The Balaban J connectivity index is 2.12. The minimum atomic E-state index is -0.273. The molecule has 6 heteroatoms. The van der Waals surface area contributed by atoms with Gasteiger partial charge in [-0.15, -0.1) is 0 Å². The molecule has 0 saturated carbocycles. The predicted molar refractivity (Wildman–Crippen MR) is 60.7 cm³/mol. The SMILES string of the molecule is Cc1nn(C)cc1C(=O)N1CCOC(CO)C1. The maximum absolute atomic E-state index is 12.2. The highest BCUT2D eigenvalue weighted by Crippen LogP contribution is 2.12. The van der Waals surface area contributed by atoms with Crippen molar-refractivity contribution >= 4 is 5.91 Å². The van der Waals surface area contributed by atoms with Crippen molar-refractivity contribution in [2.45, 2.75) is 13.0 Å². The van der Waals surface area contributed by atoms with Crippen LogP contribution in [0.1, 0.15) is 16.1 Å². The number of carbonyl (C=O) groups excluding carboxylic acids is 1. The van der Waals surface area contributed by atoms with Crippen molar-refractivity contribution in [3.05, 3.63) is 17.5 Å². The fourth-order valence-electron chi connectivity index (χ4n) is 1.99. The van der Waals surface area contributed by atoms with E-state index in [0.717, 1.165) is 5.69 Å². The van der Waals surface area contributed by atoms with E-state index in [4.69, 9.17) is 9.84 Å². The van der Waals surface area contributed by atoms with Crippen molar-refractivity contribution in [3.8, 4) is 0 Å². The molecule has 0 spiro atoms. The minimum absolute atomic E-state index is 0.0441. The van der Waals surface area contributed by atoms with Crippen LogP contribution in [-0.4, -0.2) is 58.1 Å². The number of aromatic nitrogens is 2. The lowest BCUT2D eigenvalue weighted by Gasteiger charge is -2.31. The fraction of sp³-hybridized carbons (Fsp3) is 0.636. The lowest BCUT2D eigenvalue weighted by Crippen LogP contribution is -2.47. The summed E-state index contributed by atoms with van der Waals surface area (Å²) in [7, 11) is 1.79. The number of carbonyl (C=O) groups is 1. The zero-order chi connectivity index (χ0) is 12.4. The van der Waals surface area contributed by atoms with Crippen LogP contribution in [0.15, 0.2) is 6.20 Å². The number of aryl methyl sites for hydroxylation is 2. The van der Waals surface area contributed by atoms with E-state index in [1.54, 1.807) is 22.8 Å². The molecule has 1 aliphatic heterocycles. The Hall–Kier alpha value is -1.40. The Morgan fingerprint density at radius 1 is 1.71 bits per heavy atom. The molecule has 0 bridgehead atoms. The first-order valence-electron chi connectivity index (χ1n) is 5.63. The fourth-order valence-corrected chi connectivity index (χ4v) is 1.99. The number of ether oxygens (including phenoxy) is 1. The molecule has 0 radical (unpaired) electrons. The van der Waals surface area contributed by atoms with Crippen molar-refractivity contribution in [1.29, 1.82) is 0 Å². The average Bonchev–Trinajstić information content (AvgIpc) is 2.67. The van der Waals surface area contributed by atoms with Crippen molar-refractivity contribution in [2.24, 2.45) is 7.05 Å². The number of hydrogen-bond acceptors (Lipinski definition) is 4. The maximum atomic E-state index is 12.2. The van der Waals surface area contributed by atoms with E-state index in [9.17, 15) is 4.79 Å². The molecule has 1 saturated heterocycles. The van der Waals surface area contributed by atoms with Gasteiger partial charge in [0.1, 0.15) is 0 Å². The summed E-state index contributed by atoms with van der Waals surface area (Å²) in [6.45, 7) is 3.22. The average molecular weight is 239 g/mol. The molecule has 1 aromatic heterocycles. The van der Waals surface area contributed by atoms with Gasteiger partial charge in [-0.2, -0.15) is 5.10 Å². The third kappa shape index (κ3) is 2.48. The van der Waals surface area contributed by atoms with Crippen LogP contribution in [0.2, 0.25) is 0 Å².